The first-order valence-corrected chi connectivity index (χ1v) is 5.24. The average molecular weight is 265 g/mol. The summed E-state index contributed by atoms with van der Waals surface area (Å²) in [5, 5.41) is 19.3. The molecule has 0 atom stereocenters. The number of phenols is 2. The molecule has 0 saturated carbocycles. The van der Waals surface area contributed by atoms with E-state index in [1.54, 1.807) is 36.4 Å². The maximum Gasteiger partial charge on any atom is 0.123 e. The van der Waals surface area contributed by atoms with Gasteiger partial charge >= 0.3 is 0 Å². The molecule has 0 unspecified atom stereocenters. The third-order valence-electron chi connectivity index (χ3n) is 2.15. The lowest BCUT2D eigenvalue weighted by Crippen LogP contribution is -1.80. The number of rotatable bonds is 1. The molecule has 76 valence electrons. The van der Waals surface area contributed by atoms with Crippen LogP contribution in [0.15, 0.2) is 46.9 Å². The highest BCUT2D eigenvalue weighted by Gasteiger charge is 2.08. The highest BCUT2D eigenvalue weighted by Crippen LogP contribution is 2.36. The molecule has 0 fully saturated rings. The number of aromatic hydroxyl groups is 2. The summed E-state index contributed by atoms with van der Waals surface area (Å²) in [5.41, 5.74) is 1.23. The Balaban J connectivity index is 2.64. The van der Waals surface area contributed by atoms with Crippen molar-refractivity contribution in [1.29, 1.82) is 0 Å². The van der Waals surface area contributed by atoms with E-state index in [1.165, 1.54) is 0 Å². The fraction of sp³-hybridized carbons (Fsp3) is 0. The first-order valence-electron chi connectivity index (χ1n) is 4.45. The first kappa shape index (κ1) is 10.1. The SMILES string of the molecule is Oc1ccccc1-c1cc(Br)ccc1O. The van der Waals surface area contributed by atoms with Gasteiger partial charge in [0.2, 0.25) is 0 Å². The van der Waals surface area contributed by atoms with E-state index in [2.05, 4.69) is 15.9 Å². The molecule has 2 aromatic carbocycles. The zero-order valence-corrected chi connectivity index (χ0v) is 9.40. The van der Waals surface area contributed by atoms with Crippen LogP contribution in [0, 0.1) is 0 Å². The van der Waals surface area contributed by atoms with Crippen LogP contribution in [0.25, 0.3) is 11.1 Å². The molecule has 15 heavy (non-hydrogen) atoms. The van der Waals surface area contributed by atoms with Crippen LogP contribution in [0.5, 0.6) is 11.5 Å². The summed E-state index contributed by atoms with van der Waals surface area (Å²) in [6, 6.07) is 12.0. The van der Waals surface area contributed by atoms with Gasteiger partial charge < -0.3 is 10.2 Å². The minimum absolute atomic E-state index is 0.153. The highest BCUT2D eigenvalue weighted by molar-refractivity contribution is 9.10. The summed E-state index contributed by atoms with van der Waals surface area (Å²) in [6.07, 6.45) is 0. The van der Waals surface area contributed by atoms with Gasteiger partial charge in [0.15, 0.2) is 0 Å². The normalized spacial score (nSPS) is 10.2. The third-order valence-corrected chi connectivity index (χ3v) is 2.65. The Morgan fingerprint density at radius 2 is 1.47 bits per heavy atom. The van der Waals surface area contributed by atoms with Gasteiger partial charge in [-0.25, -0.2) is 0 Å². The topological polar surface area (TPSA) is 40.5 Å². The molecule has 2 nitrogen and oxygen atoms in total. The predicted molar refractivity (Wildman–Crippen MR) is 62.9 cm³/mol. The van der Waals surface area contributed by atoms with Crippen LogP contribution < -0.4 is 0 Å². The fourth-order valence-electron chi connectivity index (χ4n) is 1.43. The summed E-state index contributed by atoms with van der Waals surface area (Å²) in [6.45, 7) is 0. The molecule has 2 aromatic rings. The van der Waals surface area contributed by atoms with E-state index >= 15 is 0 Å². The molecular formula is C12H9BrO2. The van der Waals surface area contributed by atoms with Crippen molar-refractivity contribution in [2.24, 2.45) is 0 Å². The number of benzene rings is 2. The third kappa shape index (κ3) is 1.97. The maximum absolute atomic E-state index is 9.68. The Hall–Kier alpha value is -1.48. The van der Waals surface area contributed by atoms with Gasteiger partial charge in [-0.2, -0.15) is 0 Å². The quantitative estimate of drug-likeness (QED) is 0.828. The molecule has 0 radical (unpaired) electrons. The van der Waals surface area contributed by atoms with Crippen LogP contribution in [-0.4, -0.2) is 10.2 Å². The summed E-state index contributed by atoms with van der Waals surface area (Å²) >= 11 is 3.33. The molecule has 2 N–H and O–H groups in total. The van der Waals surface area contributed by atoms with Gasteiger partial charge in [-0.05, 0) is 24.3 Å². The molecule has 0 heterocycles. The molecule has 3 heteroatoms. The smallest absolute Gasteiger partial charge is 0.123 e. The Morgan fingerprint density at radius 1 is 0.800 bits per heavy atom. The number of hydrogen-bond donors (Lipinski definition) is 2. The lowest BCUT2D eigenvalue weighted by Gasteiger charge is -2.07. The maximum atomic E-state index is 9.68. The van der Waals surface area contributed by atoms with Crippen molar-refractivity contribution in [2.45, 2.75) is 0 Å². The second kappa shape index (κ2) is 3.95. The van der Waals surface area contributed by atoms with E-state index < -0.39 is 0 Å². The van der Waals surface area contributed by atoms with Gasteiger partial charge in [0, 0.05) is 15.6 Å². The van der Waals surface area contributed by atoms with E-state index in [0.29, 0.717) is 11.1 Å². The molecule has 0 amide bonds. The Bertz CT molecular complexity index is 495. The molecule has 0 bridgehead atoms. The van der Waals surface area contributed by atoms with E-state index in [4.69, 9.17) is 0 Å². The molecule has 0 aromatic heterocycles. The Morgan fingerprint density at radius 3 is 2.20 bits per heavy atom. The average Bonchev–Trinajstić information content (AvgIpc) is 2.23. The predicted octanol–water partition coefficient (Wildman–Crippen LogP) is 3.53. The minimum Gasteiger partial charge on any atom is -0.507 e. The van der Waals surface area contributed by atoms with Crippen LogP contribution in [0.4, 0.5) is 0 Å². The summed E-state index contributed by atoms with van der Waals surface area (Å²) in [4.78, 5) is 0. The standard InChI is InChI=1S/C12H9BrO2/c13-8-5-6-12(15)10(7-8)9-3-1-2-4-11(9)14/h1-7,14-15H. The van der Waals surface area contributed by atoms with Crippen LogP contribution in [0.3, 0.4) is 0 Å². The van der Waals surface area contributed by atoms with Crippen molar-refractivity contribution >= 4 is 15.9 Å². The lowest BCUT2D eigenvalue weighted by atomic mass is 10.0. The van der Waals surface area contributed by atoms with Crippen molar-refractivity contribution < 1.29 is 10.2 Å². The largest absolute Gasteiger partial charge is 0.507 e. The van der Waals surface area contributed by atoms with Gasteiger partial charge in [0.1, 0.15) is 11.5 Å². The zero-order chi connectivity index (χ0) is 10.8. The van der Waals surface area contributed by atoms with Crippen LogP contribution in [0.2, 0.25) is 0 Å². The van der Waals surface area contributed by atoms with Gasteiger partial charge in [-0.3, -0.25) is 0 Å². The lowest BCUT2D eigenvalue weighted by molar-refractivity contribution is 0.469. The molecule has 2 rings (SSSR count). The first-order chi connectivity index (χ1) is 7.18. The van der Waals surface area contributed by atoms with Gasteiger partial charge in [0.25, 0.3) is 0 Å². The summed E-state index contributed by atoms with van der Waals surface area (Å²) in [5.74, 6) is 0.311. The minimum atomic E-state index is 0.153. The van der Waals surface area contributed by atoms with Crippen LogP contribution in [-0.2, 0) is 0 Å². The second-order valence-corrected chi connectivity index (χ2v) is 4.09. The number of para-hydroxylation sites is 1. The molecule has 0 spiro atoms. The number of hydrogen-bond acceptors (Lipinski definition) is 2. The second-order valence-electron chi connectivity index (χ2n) is 3.18. The summed E-state index contributed by atoms with van der Waals surface area (Å²) < 4.78 is 0.860. The van der Waals surface area contributed by atoms with Gasteiger partial charge in [0.05, 0.1) is 0 Å². The van der Waals surface area contributed by atoms with Crippen molar-refractivity contribution in [3.8, 4) is 22.6 Å². The van der Waals surface area contributed by atoms with E-state index in [1.807, 2.05) is 6.07 Å². The van der Waals surface area contributed by atoms with Crippen molar-refractivity contribution in [3.05, 3.63) is 46.9 Å². The fourth-order valence-corrected chi connectivity index (χ4v) is 1.79. The van der Waals surface area contributed by atoms with Crippen molar-refractivity contribution in [1.82, 2.24) is 0 Å². The monoisotopic (exact) mass is 264 g/mol. The highest BCUT2D eigenvalue weighted by atomic mass is 79.9. The number of halogens is 1. The Labute approximate surface area is 95.9 Å². The van der Waals surface area contributed by atoms with Gasteiger partial charge in [-0.15, -0.1) is 0 Å². The van der Waals surface area contributed by atoms with Crippen molar-refractivity contribution in [2.75, 3.05) is 0 Å². The van der Waals surface area contributed by atoms with E-state index in [-0.39, 0.29) is 11.5 Å². The van der Waals surface area contributed by atoms with Crippen LogP contribution in [0.1, 0.15) is 0 Å². The number of phenolic OH excluding ortho intramolecular Hbond substituents is 2. The molecule has 0 saturated heterocycles. The molecular weight excluding hydrogens is 256 g/mol. The molecule has 0 aliphatic rings. The van der Waals surface area contributed by atoms with E-state index in [9.17, 15) is 10.2 Å². The molecule has 0 aliphatic carbocycles. The van der Waals surface area contributed by atoms with Gasteiger partial charge in [-0.1, -0.05) is 34.1 Å². The van der Waals surface area contributed by atoms with Crippen LogP contribution >= 0.6 is 15.9 Å². The summed E-state index contributed by atoms with van der Waals surface area (Å²) in [7, 11) is 0. The molecule has 0 aliphatic heterocycles. The Kier molecular flexibility index (Phi) is 2.64. The van der Waals surface area contributed by atoms with E-state index in [0.717, 1.165) is 4.47 Å². The zero-order valence-electron chi connectivity index (χ0n) is 7.81. The van der Waals surface area contributed by atoms with Crippen molar-refractivity contribution in [3.63, 3.8) is 0 Å².